The topological polar surface area (TPSA) is 44.5 Å². The molecule has 21 heavy (non-hydrogen) atoms. The average molecular weight is 304 g/mol. The third kappa shape index (κ3) is 2.85. The molecule has 4 heteroatoms. The maximum absolute atomic E-state index is 6.38. The Morgan fingerprint density at radius 3 is 2.67 bits per heavy atom. The van der Waals surface area contributed by atoms with Gasteiger partial charge in [0.15, 0.2) is 11.5 Å². The monoisotopic (exact) mass is 303 g/mol. The van der Waals surface area contributed by atoms with Crippen LogP contribution >= 0.6 is 11.6 Å². The molecule has 0 bridgehead atoms. The van der Waals surface area contributed by atoms with E-state index in [9.17, 15) is 0 Å². The molecule has 0 fully saturated rings. The van der Waals surface area contributed by atoms with E-state index in [1.807, 2.05) is 43.3 Å². The second-order valence-electron chi connectivity index (χ2n) is 5.21. The normalized spacial score (nSPS) is 15.4. The van der Waals surface area contributed by atoms with Gasteiger partial charge in [0.1, 0.15) is 0 Å². The summed E-state index contributed by atoms with van der Waals surface area (Å²) >= 11 is 6.37. The highest BCUT2D eigenvalue weighted by Crippen LogP contribution is 2.35. The molecular weight excluding hydrogens is 286 g/mol. The summed E-state index contributed by atoms with van der Waals surface area (Å²) in [6.07, 6.45) is 0.889. The number of hydrogen-bond acceptors (Lipinski definition) is 3. The van der Waals surface area contributed by atoms with Crippen LogP contribution in [0.2, 0.25) is 5.02 Å². The zero-order valence-corrected chi connectivity index (χ0v) is 12.7. The lowest BCUT2D eigenvalue weighted by molar-refractivity contribution is 0.297. The van der Waals surface area contributed by atoms with Gasteiger partial charge in [0.25, 0.3) is 0 Å². The first-order chi connectivity index (χ1) is 10.2. The molecular formula is C17H18ClNO2. The first-order valence-electron chi connectivity index (χ1n) is 7.07. The van der Waals surface area contributed by atoms with E-state index >= 15 is 0 Å². The number of aryl methyl sites for hydroxylation is 1. The van der Waals surface area contributed by atoms with Gasteiger partial charge in [-0.2, -0.15) is 0 Å². The van der Waals surface area contributed by atoms with Crippen molar-refractivity contribution in [2.24, 2.45) is 5.73 Å². The molecule has 1 atom stereocenters. The first kappa shape index (κ1) is 14.2. The van der Waals surface area contributed by atoms with Crippen molar-refractivity contribution in [3.8, 4) is 11.5 Å². The molecule has 0 aliphatic carbocycles. The highest BCUT2D eigenvalue weighted by atomic mass is 35.5. The number of rotatable bonds is 2. The smallest absolute Gasteiger partial charge is 0.161 e. The van der Waals surface area contributed by atoms with E-state index in [-0.39, 0.29) is 6.04 Å². The highest BCUT2D eigenvalue weighted by Gasteiger charge is 2.17. The number of halogens is 1. The second-order valence-corrected chi connectivity index (χ2v) is 5.59. The van der Waals surface area contributed by atoms with E-state index in [0.717, 1.165) is 39.6 Å². The second kappa shape index (κ2) is 5.96. The van der Waals surface area contributed by atoms with Gasteiger partial charge in [0, 0.05) is 11.4 Å². The van der Waals surface area contributed by atoms with E-state index in [0.29, 0.717) is 13.2 Å². The van der Waals surface area contributed by atoms with E-state index in [2.05, 4.69) is 0 Å². The molecule has 3 nitrogen and oxygen atoms in total. The van der Waals surface area contributed by atoms with Crippen molar-refractivity contribution in [2.45, 2.75) is 19.4 Å². The Balaban J connectivity index is 1.96. The van der Waals surface area contributed by atoms with Crippen LogP contribution in [0.5, 0.6) is 11.5 Å². The molecule has 0 amide bonds. The number of benzene rings is 2. The fraction of sp³-hybridized carbons (Fsp3) is 0.294. The van der Waals surface area contributed by atoms with Crippen LogP contribution < -0.4 is 15.2 Å². The zero-order valence-electron chi connectivity index (χ0n) is 11.9. The summed E-state index contributed by atoms with van der Waals surface area (Å²) in [5.74, 6) is 1.53. The quantitative estimate of drug-likeness (QED) is 0.916. The van der Waals surface area contributed by atoms with E-state index in [1.165, 1.54) is 0 Å². The van der Waals surface area contributed by atoms with Gasteiger partial charge < -0.3 is 15.2 Å². The zero-order chi connectivity index (χ0) is 14.8. The SMILES string of the molecule is Cc1cccc(C(N)c2ccc3c(c2)OCCCO3)c1Cl. The lowest BCUT2D eigenvalue weighted by Gasteiger charge is -2.17. The van der Waals surface area contributed by atoms with Gasteiger partial charge in [-0.15, -0.1) is 0 Å². The minimum atomic E-state index is -0.283. The molecule has 0 aromatic heterocycles. The molecule has 0 saturated heterocycles. The van der Waals surface area contributed by atoms with Gasteiger partial charge in [-0.25, -0.2) is 0 Å². The van der Waals surface area contributed by atoms with Crippen LogP contribution in [0.4, 0.5) is 0 Å². The maximum Gasteiger partial charge on any atom is 0.161 e. The molecule has 3 rings (SSSR count). The lowest BCUT2D eigenvalue weighted by atomic mass is 9.97. The summed E-state index contributed by atoms with van der Waals surface area (Å²) in [4.78, 5) is 0. The highest BCUT2D eigenvalue weighted by molar-refractivity contribution is 6.32. The molecule has 2 aromatic rings. The van der Waals surface area contributed by atoms with Crippen molar-refractivity contribution in [3.05, 3.63) is 58.1 Å². The fourth-order valence-electron chi connectivity index (χ4n) is 2.46. The first-order valence-corrected chi connectivity index (χ1v) is 7.45. The molecule has 0 radical (unpaired) electrons. The summed E-state index contributed by atoms with van der Waals surface area (Å²) < 4.78 is 11.4. The molecule has 1 aliphatic rings. The van der Waals surface area contributed by atoms with E-state index in [4.69, 9.17) is 26.8 Å². The van der Waals surface area contributed by atoms with Gasteiger partial charge in [-0.05, 0) is 35.7 Å². The third-order valence-corrected chi connectivity index (χ3v) is 4.20. The van der Waals surface area contributed by atoms with E-state index < -0.39 is 0 Å². The summed E-state index contributed by atoms with van der Waals surface area (Å²) in [7, 11) is 0. The molecule has 0 spiro atoms. The standard InChI is InChI=1S/C17H18ClNO2/c1-11-4-2-5-13(16(11)18)17(19)12-6-7-14-15(10-12)21-9-3-8-20-14/h2,4-7,10,17H,3,8-9,19H2,1H3. The minimum absolute atomic E-state index is 0.283. The molecule has 110 valence electrons. The minimum Gasteiger partial charge on any atom is -0.490 e. The predicted molar refractivity (Wildman–Crippen MR) is 84.3 cm³/mol. The fourth-order valence-corrected chi connectivity index (χ4v) is 2.71. The number of fused-ring (bicyclic) bond motifs is 1. The van der Waals surface area contributed by atoms with Gasteiger partial charge in [0.2, 0.25) is 0 Å². The van der Waals surface area contributed by atoms with Gasteiger partial charge in [-0.3, -0.25) is 0 Å². The predicted octanol–water partition coefficient (Wildman–Crippen LogP) is 3.86. The van der Waals surface area contributed by atoms with Crippen LogP contribution in [-0.2, 0) is 0 Å². The van der Waals surface area contributed by atoms with Crippen molar-refractivity contribution in [2.75, 3.05) is 13.2 Å². The Morgan fingerprint density at radius 2 is 1.86 bits per heavy atom. The van der Waals surface area contributed by atoms with Crippen molar-refractivity contribution in [1.82, 2.24) is 0 Å². The number of ether oxygens (including phenoxy) is 2. The molecule has 1 heterocycles. The largest absolute Gasteiger partial charge is 0.490 e. The maximum atomic E-state index is 6.38. The Hall–Kier alpha value is -1.71. The Morgan fingerprint density at radius 1 is 1.10 bits per heavy atom. The van der Waals surface area contributed by atoms with Crippen molar-refractivity contribution in [3.63, 3.8) is 0 Å². The molecule has 2 N–H and O–H groups in total. The Kier molecular flexibility index (Phi) is 4.04. The lowest BCUT2D eigenvalue weighted by Crippen LogP contribution is -2.13. The van der Waals surface area contributed by atoms with Crippen molar-refractivity contribution < 1.29 is 9.47 Å². The van der Waals surface area contributed by atoms with Crippen LogP contribution in [0.1, 0.15) is 29.2 Å². The van der Waals surface area contributed by atoms with Crippen LogP contribution in [0.3, 0.4) is 0 Å². The number of hydrogen-bond donors (Lipinski definition) is 1. The van der Waals surface area contributed by atoms with Crippen molar-refractivity contribution in [1.29, 1.82) is 0 Å². The Bertz CT molecular complexity index is 657. The van der Waals surface area contributed by atoms with Crippen LogP contribution in [0.25, 0.3) is 0 Å². The van der Waals surface area contributed by atoms with Gasteiger partial charge in [-0.1, -0.05) is 35.9 Å². The third-order valence-electron chi connectivity index (χ3n) is 3.69. The summed E-state index contributed by atoms with van der Waals surface area (Å²) in [6.45, 7) is 3.32. The van der Waals surface area contributed by atoms with Crippen LogP contribution in [-0.4, -0.2) is 13.2 Å². The average Bonchev–Trinajstić information content (AvgIpc) is 2.74. The van der Waals surface area contributed by atoms with E-state index in [1.54, 1.807) is 0 Å². The Labute approximate surface area is 129 Å². The molecule has 1 unspecified atom stereocenters. The van der Waals surface area contributed by atoms with Gasteiger partial charge in [0.05, 0.1) is 19.3 Å². The van der Waals surface area contributed by atoms with Crippen LogP contribution in [0.15, 0.2) is 36.4 Å². The molecule has 1 aliphatic heterocycles. The summed E-state index contributed by atoms with van der Waals surface area (Å²) in [6, 6.07) is 11.5. The van der Waals surface area contributed by atoms with Crippen LogP contribution in [0, 0.1) is 6.92 Å². The van der Waals surface area contributed by atoms with Gasteiger partial charge >= 0.3 is 0 Å². The molecule has 0 saturated carbocycles. The van der Waals surface area contributed by atoms with Crippen molar-refractivity contribution >= 4 is 11.6 Å². The number of nitrogens with two attached hydrogens (primary N) is 1. The summed E-state index contributed by atoms with van der Waals surface area (Å²) in [5, 5.41) is 0.720. The molecule has 2 aromatic carbocycles. The summed E-state index contributed by atoms with van der Waals surface area (Å²) in [5.41, 5.74) is 9.29.